The zero-order valence-corrected chi connectivity index (χ0v) is 18.0. The maximum atomic E-state index is 10.7. The molecule has 0 aliphatic carbocycles. The van der Waals surface area contributed by atoms with Gasteiger partial charge in [-0.25, -0.2) is 14.4 Å². The van der Waals surface area contributed by atoms with Crippen LogP contribution in [-0.4, -0.2) is 24.3 Å². The predicted octanol–water partition coefficient (Wildman–Crippen LogP) is 4.15. The van der Waals surface area contributed by atoms with E-state index in [9.17, 15) is 5.11 Å². The van der Waals surface area contributed by atoms with Gasteiger partial charge >= 0.3 is 0 Å². The van der Waals surface area contributed by atoms with Gasteiger partial charge in [-0.1, -0.05) is 91.0 Å². The summed E-state index contributed by atoms with van der Waals surface area (Å²) in [5.74, 6) is 0.658. The molecular weight excluding hydrogens is 410 g/mol. The largest absolute Gasteiger partial charge is 0.510 e. The zero-order valence-electron chi connectivity index (χ0n) is 18.0. The number of nitrogens with zero attached hydrogens (tertiary/aromatic N) is 5. The van der Waals surface area contributed by atoms with Crippen LogP contribution in [0.2, 0.25) is 0 Å². The second-order valence-electron chi connectivity index (χ2n) is 8.01. The maximum absolute atomic E-state index is 10.7. The van der Waals surface area contributed by atoms with Crippen molar-refractivity contribution in [1.29, 1.82) is 0 Å². The normalized spacial score (nSPS) is 16.2. The summed E-state index contributed by atoms with van der Waals surface area (Å²) in [5, 5.41) is 16.1. The highest BCUT2D eigenvalue weighted by Gasteiger charge is 2.24. The van der Waals surface area contributed by atoms with Crippen molar-refractivity contribution in [2.24, 2.45) is 4.99 Å². The van der Waals surface area contributed by atoms with Gasteiger partial charge in [0.2, 0.25) is 5.62 Å². The molecule has 6 nitrogen and oxygen atoms in total. The summed E-state index contributed by atoms with van der Waals surface area (Å²) in [7, 11) is 0. The molecule has 1 aliphatic rings. The van der Waals surface area contributed by atoms with Gasteiger partial charge in [0, 0.05) is 11.1 Å². The molecule has 0 unspecified atom stereocenters. The quantitative estimate of drug-likeness (QED) is 0.467. The number of hydrogen-bond acceptors (Lipinski definition) is 4. The van der Waals surface area contributed by atoms with E-state index in [0.29, 0.717) is 22.4 Å². The van der Waals surface area contributed by atoms with Crippen LogP contribution in [0, 0.1) is 0 Å². The first kappa shape index (κ1) is 19.3. The number of imidazole rings is 1. The van der Waals surface area contributed by atoms with Gasteiger partial charge in [0.1, 0.15) is 16.8 Å². The van der Waals surface area contributed by atoms with Crippen molar-refractivity contribution >= 4 is 17.2 Å². The Hall–Kier alpha value is -4.45. The average molecular weight is 431 g/mol. The van der Waals surface area contributed by atoms with Crippen LogP contribution < -0.4 is 11.0 Å². The Kier molecular flexibility index (Phi) is 4.43. The van der Waals surface area contributed by atoms with Crippen LogP contribution in [0.1, 0.15) is 24.1 Å². The fraction of sp³-hybridized carbons (Fsp3) is 0.0741. The van der Waals surface area contributed by atoms with Gasteiger partial charge in [0.05, 0.1) is 11.7 Å². The standard InChI is InChI=1S/C27H21N5O/c1-18(33)25-24(21-15-9-4-10-16-21)29-26-30-32-23(20-13-7-3-8-14-20)17-22(28-27(32)31(25)26)19-11-5-2-6-12-19/h2-17,22,33H,1H3/b25-18+/t22-/m1/s1. The van der Waals surface area contributed by atoms with E-state index in [1.165, 1.54) is 0 Å². The summed E-state index contributed by atoms with van der Waals surface area (Å²) < 4.78 is 3.67. The van der Waals surface area contributed by atoms with Crippen molar-refractivity contribution in [3.63, 3.8) is 0 Å². The van der Waals surface area contributed by atoms with Crippen LogP contribution >= 0.6 is 0 Å². The number of aliphatic hydroxyl groups is 1. The third-order valence-corrected chi connectivity index (χ3v) is 5.84. The molecule has 1 aliphatic heterocycles. The lowest BCUT2D eigenvalue weighted by atomic mass is 10.0. The Morgan fingerprint density at radius 2 is 1.42 bits per heavy atom. The fourth-order valence-electron chi connectivity index (χ4n) is 4.33. The van der Waals surface area contributed by atoms with Crippen LogP contribution in [0.3, 0.4) is 0 Å². The first-order valence-electron chi connectivity index (χ1n) is 10.8. The van der Waals surface area contributed by atoms with E-state index in [1.807, 2.05) is 75.8 Å². The van der Waals surface area contributed by atoms with E-state index in [0.717, 1.165) is 22.4 Å². The molecule has 6 rings (SSSR count). The van der Waals surface area contributed by atoms with Crippen molar-refractivity contribution in [2.75, 3.05) is 0 Å². The van der Waals surface area contributed by atoms with E-state index < -0.39 is 0 Å². The molecule has 1 N–H and O–H groups in total. The summed E-state index contributed by atoms with van der Waals surface area (Å²) >= 11 is 0. The summed E-state index contributed by atoms with van der Waals surface area (Å²) in [6, 6.07) is 30.0. The minimum absolute atomic E-state index is 0.166. The van der Waals surface area contributed by atoms with Crippen molar-refractivity contribution in [3.8, 4) is 11.3 Å². The van der Waals surface area contributed by atoms with Gasteiger partial charge < -0.3 is 5.11 Å². The van der Waals surface area contributed by atoms with Crippen LogP contribution in [0.4, 0.5) is 0 Å². The molecule has 5 aromatic rings. The van der Waals surface area contributed by atoms with E-state index in [2.05, 4.69) is 30.3 Å². The van der Waals surface area contributed by atoms with Gasteiger partial charge in [0.15, 0.2) is 0 Å². The van der Waals surface area contributed by atoms with E-state index in [1.54, 1.807) is 6.92 Å². The lowest BCUT2D eigenvalue weighted by Crippen LogP contribution is -2.33. The Labute approximate surface area is 190 Å². The zero-order chi connectivity index (χ0) is 22.4. The predicted molar refractivity (Wildman–Crippen MR) is 128 cm³/mol. The van der Waals surface area contributed by atoms with Crippen molar-refractivity contribution < 1.29 is 5.11 Å². The number of aliphatic hydroxyl groups excluding tert-OH is 1. The number of hydrogen-bond donors (Lipinski definition) is 1. The molecular formula is C27H21N5O. The first-order chi connectivity index (χ1) is 16.2. The topological polar surface area (TPSA) is 67.7 Å². The molecule has 0 bridgehead atoms. The minimum Gasteiger partial charge on any atom is -0.510 e. The van der Waals surface area contributed by atoms with Crippen LogP contribution in [0.5, 0.6) is 0 Å². The third kappa shape index (κ3) is 3.15. The van der Waals surface area contributed by atoms with Crippen LogP contribution in [-0.2, 0) is 0 Å². The Balaban J connectivity index is 1.69. The molecule has 6 heteroatoms. The number of rotatable bonds is 3. The molecule has 0 radical (unpaired) electrons. The van der Waals surface area contributed by atoms with Crippen LogP contribution in [0.15, 0.2) is 102 Å². The second kappa shape index (κ2) is 7.60. The molecule has 33 heavy (non-hydrogen) atoms. The molecule has 1 atom stereocenters. The van der Waals surface area contributed by atoms with Gasteiger partial charge in [-0.15, -0.1) is 5.10 Å². The highest BCUT2D eigenvalue weighted by molar-refractivity contribution is 5.68. The number of fused-ring (bicyclic) bond motifs is 3. The second-order valence-corrected chi connectivity index (χ2v) is 8.01. The molecule has 3 aromatic carbocycles. The molecule has 0 amide bonds. The van der Waals surface area contributed by atoms with Gasteiger partial charge in [-0.05, 0) is 18.6 Å². The Morgan fingerprint density at radius 3 is 2.06 bits per heavy atom. The average Bonchev–Trinajstić information content (AvgIpc) is 3.41. The van der Waals surface area contributed by atoms with Crippen molar-refractivity contribution in [2.45, 2.75) is 13.0 Å². The summed E-state index contributed by atoms with van der Waals surface area (Å²) in [4.78, 5) is 9.85. The molecule has 0 spiro atoms. The monoisotopic (exact) mass is 431 g/mol. The lowest BCUT2D eigenvalue weighted by molar-refractivity contribution is 0.495. The summed E-state index contributed by atoms with van der Waals surface area (Å²) in [6.07, 6.45) is 2.12. The van der Waals surface area contributed by atoms with Crippen molar-refractivity contribution in [3.05, 3.63) is 119 Å². The lowest BCUT2D eigenvalue weighted by Gasteiger charge is -2.17. The van der Waals surface area contributed by atoms with E-state index in [-0.39, 0.29) is 11.8 Å². The smallest absolute Gasteiger partial charge is 0.256 e. The Morgan fingerprint density at radius 1 is 0.818 bits per heavy atom. The van der Waals surface area contributed by atoms with Gasteiger partial charge in [-0.2, -0.15) is 4.68 Å². The number of benzene rings is 3. The maximum Gasteiger partial charge on any atom is 0.256 e. The van der Waals surface area contributed by atoms with Crippen molar-refractivity contribution in [1.82, 2.24) is 19.2 Å². The van der Waals surface area contributed by atoms with Gasteiger partial charge in [0.25, 0.3) is 5.78 Å². The first-order valence-corrected chi connectivity index (χ1v) is 10.8. The fourth-order valence-corrected chi connectivity index (χ4v) is 4.33. The molecule has 0 fully saturated rings. The molecule has 3 heterocycles. The SMILES string of the molecule is C/C(O)=c1/c(-c2ccccc2)nc2nn3c(n12)=N[C@@H](c1ccccc1)C=C3c1ccccc1. The summed E-state index contributed by atoms with van der Waals surface area (Å²) in [6.45, 7) is 1.67. The minimum atomic E-state index is -0.191. The van der Waals surface area contributed by atoms with E-state index >= 15 is 0 Å². The molecule has 0 saturated heterocycles. The molecule has 160 valence electrons. The Bertz CT molecular complexity index is 1610. The molecule has 0 saturated carbocycles. The molecule has 2 aromatic heterocycles. The van der Waals surface area contributed by atoms with E-state index in [4.69, 9.17) is 15.1 Å². The third-order valence-electron chi connectivity index (χ3n) is 5.84. The highest BCUT2D eigenvalue weighted by Crippen LogP contribution is 2.27. The summed E-state index contributed by atoms with van der Waals surface area (Å²) in [5.41, 5.74) is 5.28. The van der Waals surface area contributed by atoms with Gasteiger partial charge in [-0.3, -0.25) is 0 Å². The highest BCUT2D eigenvalue weighted by atomic mass is 16.3. The number of aromatic nitrogens is 4. The van der Waals surface area contributed by atoms with Crippen LogP contribution in [0.25, 0.3) is 28.5 Å².